The van der Waals surface area contributed by atoms with Crippen molar-refractivity contribution in [2.45, 2.75) is 50.7 Å². The molecule has 0 aromatic heterocycles. The third-order valence-electron chi connectivity index (χ3n) is 4.86. The van der Waals surface area contributed by atoms with Gasteiger partial charge in [-0.15, -0.1) is 0 Å². The van der Waals surface area contributed by atoms with Gasteiger partial charge in [0.1, 0.15) is 5.75 Å². The van der Waals surface area contributed by atoms with E-state index >= 15 is 0 Å². The van der Waals surface area contributed by atoms with Crippen LogP contribution < -0.4 is 15.4 Å². The number of benzene rings is 1. The van der Waals surface area contributed by atoms with Gasteiger partial charge in [0, 0.05) is 12.6 Å². The minimum atomic E-state index is -0.0400. The predicted octanol–water partition coefficient (Wildman–Crippen LogP) is 2.89. The molecule has 0 radical (unpaired) electrons. The lowest BCUT2D eigenvalue weighted by molar-refractivity contribution is -0.123. The van der Waals surface area contributed by atoms with Crippen LogP contribution in [0.3, 0.4) is 0 Å². The Bertz CT molecular complexity index is 535. The normalized spacial score (nSPS) is 27.3. The van der Waals surface area contributed by atoms with Gasteiger partial charge < -0.3 is 15.4 Å². The first-order chi connectivity index (χ1) is 10.7. The molecule has 0 bridgehead atoms. The lowest BCUT2D eigenvalue weighted by Gasteiger charge is -2.24. The van der Waals surface area contributed by atoms with Crippen LogP contribution in [-0.4, -0.2) is 25.1 Å². The molecule has 1 saturated heterocycles. The first kappa shape index (κ1) is 15.6. The standard InChI is InChI=1S/C17H23ClN2O2/c1-22-16-7-6-11(8-13(16)18)10-19-17(21)15-9-12-4-2-3-5-14(12)20-15/h6-8,12,14-15,20H,2-5,9-10H2,1H3,(H,19,21). The van der Waals surface area contributed by atoms with Crippen LogP contribution in [-0.2, 0) is 11.3 Å². The van der Waals surface area contributed by atoms with Gasteiger partial charge in [0.05, 0.1) is 18.2 Å². The minimum absolute atomic E-state index is 0.0400. The highest BCUT2D eigenvalue weighted by Gasteiger charge is 2.37. The fourth-order valence-corrected chi connectivity index (χ4v) is 3.93. The maximum Gasteiger partial charge on any atom is 0.237 e. The van der Waals surface area contributed by atoms with Crippen molar-refractivity contribution in [1.29, 1.82) is 0 Å². The molecule has 1 heterocycles. The number of rotatable bonds is 4. The molecule has 2 aliphatic rings. The van der Waals surface area contributed by atoms with E-state index in [-0.39, 0.29) is 11.9 Å². The highest BCUT2D eigenvalue weighted by Crippen LogP contribution is 2.33. The fourth-order valence-electron chi connectivity index (χ4n) is 3.65. The summed E-state index contributed by atoms with van der Waals surface area (Å²) in [6.07, 6.45) is 6.03. The summed E-state index contributed by atoms with van der Waals surface area (Å²) in [6, 6.07) is 6.09. The van der Waals surface area contributed by atoms with Crippen molar-refractivity contribution in [3.05, 3.63) is 28.8 Å². The summed E-state index contributed by atoms with van der Waals surface area (Å²) in [5.74, 6) is 1.43. The molecule has 1 aliphatic carbocycles. The summed E-state index contributed by atoms with van der Waals surface area (Å²) in [4.78, 5) is 12.3. The summed E-state index contributed by atoms with van der Waals surface area (Å²) in [5, 5.41) is 7.08. The third kappa shape index (κ3) is 3.39. The number of nitrogens with one attached hydrogen (secondary N) is 2. The number of hydrogen-bond donors (Lipinski definition) is 2. The SMILES string of the molecule is COc1ccc(CNC(=O)C2CC3CCCCC3N2)cc1Cl. The second-order valence-corrected chi connectivity index (χ2v) is 6.70. The zero-order valence-corrected chi connectivity index (χ0v) is 13.7. The van der Waals surface area contributed by atoms with Crippen molar-refractivity contribution in [2.24, 2.45) is 5.92 Å². The van der Waals surface area contributed by atoms with Gasteiger partial charge in [0.2, 0.25) is 5.91 Å². The highest BCUT2D eigenvalue weighted by atomic mass is 35.5. The molecule has 5 heteroatoms. The van der Waals surface area contributed by atoms with E-state index in [0.29, 0.717) is 29.3 Å². The Kier molecular flexibility index (Phi) is 4.89. The molecule has 3 rings (SSSR count). The van der Waals surface area contributed by atoms with E-state index in [2.05, 4.69) is 10.6 Å². The van der Waals surface area contributed by atoms with E-state index in [4.69, 9.17) is 16.3 Å². The van der Waals surface area contributed by atoms with Crippen LogP contribution in [0.1, 0.15) is 37.7 Å². The maximum atomic E-state index is 12.3. The van der Waals surface area contributed by atoms with Crippen LogP contribution in [0.5, 0.6) is 5.75 Å². The number of halogens is 1. The Morgan fingerprint density at radius 3 is 2.95 bits per heavy atom. The summed E-state index contributed by atoms with van der Waals surface area (Å²) < 4.78 is 5.13. The van der Waals surface area contributed by atoms with Gasteiger partial charge in [0.25, 0.3) is 0 Å². The van der Waals surface area contributed by atoms with Gasteiger partial charge in [-0.05, 0) is 42.9 Å². The number of methoxy groups -OCH3 is 1. The van der Waals surface area contributed by atoms with Gasteiger partial charge in [-0.2, -0.15) is 0 Å². The molecular formula is C17H23ClN2O2. The number of carbonyl (C=O) groups excluding carboxylic acids is 1. The van der Waals surface area contributed by atoms with Gasteiger partial charge >= 0.3 is 0 Å². The number of amides is 1. The first-order valence-corrected chi connectivity index (χ1v) is 8.41. The Labute approximate surface area is 136 Å². The smallest absolute Gasteiger partial charge is 0.237 e. The lowest BCUT2D eigenvalue weighted by Crippen LogP contribution is -2.42. The van der Waals surface area contributed by atoms with Crippen LogP contribution >= 0.6 is 11.6 Å². The second kappa shape index (κ2) is 6.88. The summed E-state index contributed by atoms with van der Waals surface area (Å²) in [7, 11) is 1.59. The molecular weight excluding hydrogens is 300 g/mol. The van der Waals surface area contributed by atoms with Gasteiger partial charge in [-0.3, -0.25) is 4.79 Å². The molecule has 3 unspecified atom stereocenters. The third-order valence-corrected chi connectivity index (χ3v) is 5.16. The van der Waals surface area contributed by atoms with E-state index in [9.17, 15) is 4.79 Å². The lowest BCUT2D eigenvalue weighted by atomic mass is 9.85. The molecule has 1 saturated carbocycles. The second-order valence-electron chi connectivity index (χ2n) is 6.29. The van der Waals surface area contributed by atoms with Crippen LogP contribution in [0.25, 0.3) is 0 Å². The van der Waals surface area contributed by atoms with Crippen LogP contribution in [0.15, 0.2) is 18.2 Å². The Morgan fingerprint density at radius 1 is 1.41 bits per heavy atom. The van der Waals surface area contributed by atoms with Crippen molar-refractivity contribution < 1.29 is 9.53 Å². The molecule has 3 atom stereocenters. The number of hydrogen-bond acceptors (Lipinski definition) is 3. The molecule has 1 aromatic carbocycles. The quantitative estimate of drug-likeness (QED) is 0.896. The van der Waals surface area contributed by atoms with E-state index in [0.717, 1.165) is 12.0 Å². The average molecular weight is 323 g/mol. The summed E-state index contributed by atoms with van der Waals surface area (Å²) in [5.41, 5.74) is 0.981. The zero-order chi connectivity index (χ0) is 15.5. The van der Waals surface area contributed by atoms with Crippen LogP contribution in [0.2, 0.25) is 5.02 Å². The fraction of sp³-hybridized carbons (Fsp3) is 0.588. The molecule has 0 spiro atoms. The van der Waals surface area contributed by atoms with E-state index in [1.54, 1.807) is 7.11 Å². The topological polar surface area (TPSA) is 50.4 Å². The molecule has 2 fully saturated rings. The molecule has 1 aliphatic heterocycles. The first-order valence-electron chi connectivity index (χ1n) is 8.03. The summed E-state index contributed by atoms with van der Waals surface area (Å²) in [6.45, 7) is 0.496. The Hall–Kier alpha value is -1.26. The van der Waals surface area contributed by atoms with E-state index in [1.807, 2.05) is 18.2 Å². The number of carbonyl (C=O) groups is 1. The van der Waals surface area contributed by atoms with Gasteiger partial charge in [-0.25, -0.2) is 0 Å². The Morgan fingerprint density at radius 2 is 2.23 bits per heavy atom. The predicted molar refractivity (Wildman–Crippen MR) is 87.1 cm³/mol. The number of ether oxygens (including phenoxy) is 1. The maximum absolute atomic E-state index is 12.3. The molecule has 1 aromatic rings. The summed E-state index contributed by atoms with van der Waals surface area (Å²) >= 11 is 6.10. The minimum Gasteiger partial charge on any atom is -0.495 e. The van der Waals surface area contributed by atoms with Gasteiger partial charge in [0.15, 0.2) is 0 Å². The monoisotopic (exact) mass is 322 g/mol. The van der Waals surface area contributed by atoms with Crippen molar-refractivity contribution in [3.8, 4) is 5.75 Å². The van der Waals surface area contributed by atoms with E-state index in [1.165, 1.54) is 25.7 Å². The van der Waals surface area contributed by atoms with Crippen molar-refractivity contribution in [1.82, 2.24) is 10.6 Å². The van der Waals surface area contributed by atoms with Crippen LogP contribution in [0, 0.1) is 5.92 Å². The number of fused-ring (bicyclic) bond motifs is 1. The average Bonchev–Trinajstić information content (AvgIpc) is 2.97. The molecule has 2 N–H and O–H groups in total. The van der Waals surface area contributed by atoms with E-state index < -0.39 is 0 Å². The van der Waals surface area contributed by atoms with Crippen molar-refractivity contribution >= 4 is 17.5 Å². The molecule has 22 heavy (non-hydrogen) atoms. The van der Waals surface area contributed by atoms with Crippen molar-refractivity contribution in [3.63, 3.8) is 0 Å². The Balaban J connectivity index is 1.53. The highest BCUT2D eigenvalue weighted by molar-refractivity contribution is 6.32. The largest absolute Gasteiger partial charge is 0.495 e. The molecule has 120 valence electrons. The van der Waals surface area contributed by atoms with Gasteiger partial charge in [-0.1, -0.05) is 30.5 Å². The molecule has 4 nitrogen and oxygen atoms in total. The molecule has 1 amide bonds. The zero-order valence-electron chi connectivity index (χ0n) is 12.9. The van der Waals surface area contributed by atoms with Crippen LogP contribution in [0.4, 0.5) is 0 Å². The van der Waals surface area contributed by atoms with Crippen molar-refractivity contribution in [2.75, 3.05) is 7.11 Å².